The van der Waals surface area contributed by atoms with Crippen molar-refractivity contribution in [2.24, 2.45) is 0 Å². The van der Waals surface area contributed by atoms with Gasteiger partial charge in [0.15, 0.2) is 0 Å². The van der Waals surface area contributed by atoms with Gasteiger partial charge < -0.3 is 2.85 Å². The summed E-state index contributed by atoms with van der Waals surface area (Å²) in [6.45, 7) is 0. The fourth-order valence-corrected chi connectivity index (χ4v) is 0. The van der Waals surface area contributed by atoms with Crippen molar-refractivity contribution < 1.29 is 62.7 Å². The largest absolute Gasteiger partial charge is 2.00 e. The van der Waals surface area contributed by atoms with Crippen molar-refractivity contribution in [2.45, 2.75) is 0 Å². The van der Waals surface area contributed by atoms with Crippen LogP contribution in [0.1, 0.15) is 2.85 Å². The first-order valence-electron chi connectivity index (χ1n) is 0. The topological polar surface area (TPSA) is 0 Å². The Balaban J connectivity index is 0. The zero-order valence-electron chi connectivity index (χ0n) is 3.92. The van der Waals surface area contributed by atoms with E-state index in [0.29, 0.717) is 0 Å². The summed E-state index contributed by atoms with van der Waals surface area (Å²) in [6, 6.07) is 0. The van der Waals surface area contributed by atoms with Crippen LogP contribution < -0.4 is 0 Å². The Kier molecular flexibility index (Phi) is 130. The van der Waals surface area contributed by atoms with Crippen molar-refractivity contribution in [3.63, 3.8) is 0 Å². The van der Waals surface area contributed by atoms with Crippen molar-refractivity contribution in [3.8, 4) is 0 Å². The molecule has 0 saturated heterocycles. The van der Waals surface area contributed by atoms with Crippen LogP contribution in [0, 0.1) is 0 Å². The molecule has 0 aromatic carbocycles. The predicted molar refractivity (Wildman–Crippen MR) is 7.98 cm³/mol. The van der Waals surface area contributed by atoms with Gasteiger partial charge in [-0.15, -0.1) is 0 Å². The molecular formula is H2CuMgMoTi. The molecule has 0 saturated carbocycles. The monoisotopic (exact) mass is 235 g/mol. The van der Waals surface area contributed by atoms with Gasteiger partial charge in [-0.25, -0.2) is 0 Å². The molecule has 0 bridgehead atoms. The molecule has 0 aromatic rings. The van der Waals surface area contributed by atoms with E-state index in [1.807, 2.05) is 0 Å². The van der Waals surface area contributed by atoms with Crippen molar-refractivity contribution >= 4 is 23.1 Å². The first kappa shape index (κ1) is 29.9. The first-order valence-corrected chi connectivity index (χ1v) is 0. The Labute approximate surface area is 84.6 Å². The van der Waals surface area contributed by atoms with Crippen LogP contribution in [-0.2, 0) is 59.9 Å². The van der Waals surface area contributed by atoms with Gasteiger partial charge in [0.25, 0.3) is 0 Å². The van der Waals surface area contributed by atoms with E-state index in [9.17, 15) is 0 Å². The molecule has 0 atom stereocenters. The van der Waals surface area contributed by atoms with Crippen molar-refractivity contribution in [1.29, 1.82) is 0 Å². The molecule has 0 rings (SSSR count). The maximum Gasteiger partial charge on any atom is 2.00 e. The van der Waals surface area contributed by atoms with Crippen LogP contribution >= 0.6 is 0 Å². The minimum Gasteiger partial charge on any atom is -1.00 e. The third kappa shape index (κ3) is 8.82. The summed E-state index contributed by atoms with van der Waals surface area (Å²) < 4.78 is 0. The summed E-state index contributed by atoms with van der Waals surface area (Å²) in [5, 5.41) is 0. The molecule has 0 spiro atoms. The van der Waals surface area contributed by atoms with Crippen LogP contribution in [0.4, 0.5) is 0 Å². The molecule has 0 fully saturated rings. The van der Waals surface area contributed by atoms with Gasteiger partial charge in [0.2, 0.25) is 0 Å². The maximum absolute atomic E-state index is 0. The van der Waals surface area contributed by atoms with Crippen molar-refractivity contribution in [3.05, 3.63) is 0 Å². The van der Waals surface area contributed by atoms with Crippen LogP contribution in [0.2, 0.25) is 0 Å². The number of hydrogen-bond acceptors (Lipinski definition) is 0. The second-order valence-electron chi connectivity index (χ2n) is 0. The van der Waals surface area contributed by atoms with Gasteiger partial charge in [-0.1, -0.05) is 0 Å². The molecule has 4 heteroatoms. The third-order valence-corrected chi connectivity index (χ3v) is 0. The molecule has 0 heterocycles. The molecule has 0 unspecified atom stereocenters. The summed E-state index contributed by atoms with van der Waals surface area (Å²) in [7, 11) is 0. The van der Waals surface area contributed by atoms with Gasteiger partial charge in [0.1, 0.15) is 0 Å². The van der Waals surface area contributed by atoms with Crippen LogP contribution in [0.15, 0.2) is 0 Å². The molecule has 0 aliphatic rings. The van der Waals surface area contributed by atoms with E-state index in [1.165, 1.54) is 0 Å². The van der Waals surface area contributed by atoms with E-state index in [0.717, 1.165) is 0 Å². The Morgan fingerprint density at radius 3 is 1.25 bits per heavy atom. The Bertz CT molecular complexity index is 13.5. The SMILES string of the molecule is [Cu].[H-].[H-].[Mg+2].[Mo].[Ti]. The second-order valence-corrected chi connectivity index (χ2v) is 0. The van der Waals surface area contributed by atoms with Gasteiger partial charge in [0.05, 0.1) is 0 Å². The summed E-state index contributed by atoms with van der Waals surface area (Å²) in [4.78, 5) is 0. The minimum atomic E-state index is 0. The Morgan fingerprint density at radius 1 is 1.25 bits per heavy atom. The summed E-state index contributed by atoms with van der Waals surface area (Å²) >= 11 is 0. The molecule has 0 aliphatic heterocycles. The van der Waals surface area contributed by atoms with Crippen molar-refractivity contribution in [1.82, 2.24) is 0 Å². The summed E-state index contributed by atoms with van der Waals surface area (Å²) in [5.41, 5.74) is 0. The van der Waals surface area contributed by atoms with E-state index in [4.69, 9.17) is 0 Å². The quantitative estimate of drug-likeness (QED) is 0.510. The fourth-order valence-electron chi connectivity index (χ4n) is 0. The predicted octanol–water partition coefficient (Wildman–Crippen LogP) is -0.163. The number of hydrogen-bond donors (Lipinski definition) is 0. The van der Waals surface area contributed by atoms with Gasteiger partial charge in [-0.3, -0.25) is 0 Å². The zero-order valence-corrected chi connectivity index (χ0v) is 7.84. The Morgan fingerprint density at radius 2 is 1.25 bits per heavy atom. The summed E-state index contributed by atoms with van der Waals surface area (Å²) in [5.74, 6) is 0. The van der Waals surface area contributed by atoms with E-state index in [-0.39, 0.29) is 85.8 Å². The average molecular weight is 234 g/mol. The zero-order chi connectivity index (χ0) is 0. The molecule has 0 N–H and O–H groups in total. The van der Waals surface area contributed by atoms with E-state index in [1.54, 1.807) is 0 Å². The molecule has 4 heavy (non-hydrogen) atoms. The summed E-state index contributed by atoms with van der Waals surface area (Å²) in [6.07, 6.45) is 0. The van der Waals surface area contributed by atoms with E-state index in [2.05, 4.69) is 0 Å². The standard InChI is InChI=1S/Cu.Mg.Mo.Ti.2H/q;+2;;;2*-1. The minimum absolute atomic E-state index is 0. The van der Waals surface area contributed by atoms with Crippen molar-refractivity contribution in [2.75, 3.05) is 0 Å². The van der Waals surface area contributed by atoms with Gasteiger partial charge in [-0.2, -0.15) is 0 Å². The molecular weight excluding hydrogens is 232 g/mol. The second kappa shape index (κ2) is 17.3. The molecule has 1 radical (unpaired) electrons. The Hall–Kier alpha value is 2.69. The smallest absolute Gasteiger partial charge is 1.00 e. The first-order chi connectivity index (χ1) is 0. The maximum atomic E-state index is 0. The third-order valence-electron chi connectivity index (χ3n) is 0. The van der Waals surface area contributed by atoms with Crippen LogP contribution in [0.5, 0.6) is 0 Å². The molecule has 0 amide bonds. The normalized spacial score (nSPS) is 0. The fraction of sp³-hybridized carbons (Fsp3) is 0. The average Bonchev–Trinajstić information content (AvgIpc) is 0. The molecule has 0 aromatic heterocycles. The molecule has 0 aliphatic carbocycles. The van der Waals surface area contributed by atoms with Gasteiger partial charge >= 0.3 is 23.1 Å². The van der Waals surface area contributed by atoms with Crippen LogP contribution in [0.3, 0.4) is 0 Å². The number of rotatable bonds is 0. The molecule has 25 valence electrons. The van der Waals surface area contributed by atoms with Gasteiger partial charge in [-0.05, 0) is 0 Å². The van der Waals surface area contributed by atoms with Gasteiger partial charge in [0, 0.05) is 59.9 Å². The van der Waals surface area contributed by atoms with Crippen LogP contribution in [-0.4, -0.2) is 23.1 Å². The van der Waals surface area contributed by atoms with E-state index < -0.39 is 0 Å². The van der Waals surface area contributed by atoms with Crippen LogP contribution in [0.25, 0.3) is 0 Å². The van der Waals surface area contributed by atoms with E-state index >= 15 is 0 Å². The molecule has 0 nitrogen and oxygen atoms in total.